The van der Waals surface area contributed by atoms with Crippen LogP contribution in [0.1, 0.15) is 24.2 Å². The van der Waals surface area contributed by atoms with Crippen molar-refractivity contribution in [2.75, 3.05) is 11.5 Å². The molecule has 2 nitrogen and oxygen atoms in total. The maximum atomic E-state index is 12.9. The van der Waals surface area contributed by atoms with E-state index in [4.69, 9.17) is 9.47 Å². The third-order valence-corrected chi connectivity index (χ3v) is 5.42. The van der Waals surface area contributed by atoms with E-state index in [-0.39, 0.29) is 0 Å². The molecular weight excluding hydrogens is 384 g/mol. The molecule has 0 saturated carbocycles. The number of rotatable bonds is 3. The second kappa shape index (κ2) is 5.36. The Kier molecular flexibility index (Phi) is 4.26. The van der Waals surface area contributed by atoms with Crippen LogP contribution in [-0.4, -0.2) is 23.8 Å². The molecule has 1 saturated heterocycles. The number of ether oxygens (including phenoxy) is 2. The van der Waals surface area contributed by atoms with Crippen molar-refractivity contribution in [2.45, 2.75) is 32.2 Å². The molecule has 0 bridgehead atoms. The number of hydrogen-bond acceptors (Lipinski definition) is 2. The van der Waals surface area contributed by atoms with Crippen LogP contribution in [0, 0.1) is 12.3 Å². The summed E-state index contributed by atoms with van der Waals surface area (Å²) in [5, 5.41) is 0. The zero-order valence-electron chi connectivity index (χ0n) is 11.4. The van der Waals surface area contributed by atoms with Crippen LogP contribution in [0.2, 0.25) is 0 Å². The Morgan fingerprint density at radius 1 is 1.40 bits per heavy atom. The Labute approximate surface area is 129 Å². The first-order valence-electron chi connectivity index (χ1n) is 6.16. The highest BCUT2D eigenvalue weighted by molar-refractivity contribution is 14.1. The van der Waals surface area contributed by atoms with Crippen molar-refractivity contribution < 1.29 is 22.6 Å². The second-order valence-corrected chi connectivity index (χ2v) is 6.07. The molecular formula is C14H16F3IO2. The zero-order chi connectivity index (χ0) is 15.1. The van der Waals surface area contributed by atoms with Gasteiger partial charge in [0.25, 0.3) is 0 Å². The summed E-state index contributed by atoms with van der Waals surface area (Å²) >= 11 is 2.00. The third-order valence-electron chi connectivity index (χ3n) is 3.78. The van der Waals surface area contributed by atoms with Crippen molar-refractivity contribution in [3.8, 4) is 5.75 Å². The molecule has 1 fully saturated rings. The van der Waals surface area contributed by atoms with Crippen LogP contribution in [0.25, 0.3) is 0 Å². The molecule has 0 N–H and O–H groups in total. The van der Waals surface area contributed by atoms with Crippen molar-refractivity contribution in [1.29, 1.82) is 0 Å². The van der Waals surface area contributed by atoms with E-state index in [1.807, 2.05) is 35.6 Å². The summed E-state index contributed by atoms with van der Waals surface area (Å²) in [4.78, 5) is 0. The molecule has 3 unspecified atom stereocenters. The first kappa shape index (κ1) is 15.9. The molecule has 20 heavy (non-hydrogen) atoms. The molecule has 112 valence electrons. The minimum absolute atomic E-state index is 0.380. The van der Waals surface area contributed by atoms with Crippen LogP contribution in [0.5, 0.6) is 5.75 Å². The fourth-order valence-corrected chi connectivity index (χ4v) is 3.43. The summed E-state index contributed by atoms with van der Waals surface area (Å²) in [6.45, 7) is 3.50. The molecule has 6 heteroatoms. The number of hydrogen-bond donors (Lipinski definition) is 0. The molecule has 3 atom stereocenters. The first-order valence-corrected chi connectivity index (χ1v) is 7.69. The maximum Gasteiger partial charge on any atom is 0.415 e. The number of aryl methyl sites for hydroxylation is 1. The summed E-state index contributed by atoms with van der Waals surface area (Å²) in [5.74, 6) is 0.719. The van der Waals surface area contributed by atoms with Crippen molar-refractivity contribution in [2.24, 2.45) is 5.41 Å². The number of benzene rings is 1. The van der Waals surface area contributed by atoms with Crippen LogP contribution in [0.4, 0.5) is 13.2 Å². The van der Waals surface area contributed by atoms with Gasteiger partial charge in [-0.25, -0.2) is 0 Å². The zero-order valence-corrected chi connectivity index (χ0v) is 13.6. The van der Waals surface area contributed by atoms with Gasteiger partial charge in [0.05, 0.1) is 13.2 Å². The van der Waals surface area contributed by atoms with Crippen LogP contribution >= 0.6 is 22.6 Å². The predicted octanol–water partition coefficient (Wildman–Crippen LogP) is 4.45. The van der Waals surface area contributed by atoms with Gasteiger partial charge in [-0.2, -0.15) is 13.2 Å². The fraction of sp³-hybridized carbons (Fsp3) is 0.571. The van der Waals surface area contributed by atoms with Crippen molar-refractivity contribution >= 4 is 22.6 Å². The molecule has 1 aliphatic rings. The van der Waals surface area contributed by atoms with Crippen LogP contribution < -0.4 is 4.74 Å². The number of halogens is 4. The largest absolute Gasteiger partial charge is 0.496 e. The summed E-state index contributed by atoms with van der Waals surface area (Å²) in [6.07, 6.45) is -6.55. The Bertz CT molecular complexity index is 504. The minimum Gasteiger partial charge on any atom is -0.496 e. The van der Waals surface area contributed by atoms with Crippen molar-refractivity contribution in [1.82, 2.24) is 0 Å². The van der Waals surface area contributed by atoms with Gasteiger partial charge >= 0.3 is 6.18 Å². The summed E-state index contributed by atoms with van der Waals surface area (Å²) in [7, 11) is 1.57. The van der Waals surface area contributed by atoms with E-state index in [0.29, 0.717) is 4.43 Å². The van der Waals surface area contributed by atoms with Gasteiger partial charge in [-0.1, -0.05) is 35.6 Å². The Morgan fingerprint density at radius 2 is 2.05 bits per heavy atom. The van der Waals surface area contributed by atoms with E-state index >= 15 is 0 Å². The molecule has 0 aromatic heterocycles. The third kappa shape index (κ3) is 2.52. The normalized spacial score (nSPS) is 29.9. The topological polar surface area (TPSA) is 18.5 Å². The summed E-state index contributed by atoms with van der Waals surface area (Å²) in [5.41, 5.74) is 0.725. The molecule has 0 aliphatic carbocycles. The summed E-state index contributed by atoms with van der Waals surface area (Å²) < 4.78 is 49.5. The van der Waals surface area contributed by atoms with E-state index < -0.39 is 23.8 Å². The van der Waals surface area contributed by atoms with E-state index in [1.54, 1.807) is 26.2 Å². The van der Waals surface area contributed by atoms with Gasteiger partial charge in [-0.05, 0) is 30.2 Å². The van der Waals surface area contributed by atoms with Crippen LogP contribution in [-0.2, 0) is 4.74 Å². The lowest BCUT2D eigenvalue weighted by Crippen LogP contribution is -2.60. The standard InChI is InChI=1S/C14H16F3IO2/c1-8-6-9(4-5-10(8)19-3)11-13(2,7-18)12(20-11)14(15,16)17/h4-6,11-12H,7H2,1-3H3. The second-order valence-electron chi connectivity index (χ2n) is 5.31. The molecule has 1 aromatic carbocycles. The van der Waals surface area contributed by atoms with Gasteiger partial charge < -0.3 is 9.47 Å². The maximum absolute atomic E-state index is 12.9. The lowest BCUT2D eigenvalue weighted by atomic mass is 9.72. The average Bonchev–Trinajstić information content (AvgIpc) is 2.35. The molecule has 1 aromatic rings. The molecule has 0 spiro atoms. The van der Waals surface area contributed by atoms with Crippen LogP contribution in [0.15, 0.2) is 18.2 Å². The van der Waals surface area contributed by atoms with E-state index in [1.165, 1.54) is 0 Å². The average molecular weight is 400 g/mol. The van der Waals surface area contributed by atoms with Crippen LogP contribution in [0.3, 0.4) is 0 Å². The van der Waals surface area contributed by atoms with Crippen molar-refractivity contribution in [3.05, 3.63) is 29.3 Å². The van der Waals surface area contributed by atoms with Gasteiger partial charge in [-0.15, -0.1) is 0 Å². The summed E-state index contributed by atoms with van der Waals surface area (Å²) in [6, 6.07) is 5.37. The molecule has 0 amide bonds. The van der Waals surface area contributed by atoms with Gasteiger partial charge in [0.2, 0.25) is 0 Å². The van der Waals surface area contributed by atoms with Gasteiger partial charge in [0.1, 0.15) is 5.75 Å². The highest BCUT2D eigenvalue weighted by atomic mass is 127. The Balaban J connectivity index is 2.29. The Hall–Kier alpha value is -0.500. The molecule has 1 heterocycles. The number of alkyl halides is 4. The van der Waals surface area contributed by atoms with E-state index in [0.717, 1.165) is 16.9 Å². The highest BCUT2D eigenvalue weighted by Gasteiger charge is 2.64. The highest BCUT2D eigenvalue weighted by Crippen LogP contribution is 2.57. The lowest BCUT2D eigenvalue weighted by molar-refractivity contribution is -0.349. The predicted molar refractivity (Wildman–Crippen MR) is 78.4 cm³/mol. The Morgan fingerprint density at radius 3 is 2.50 bits per heavy atom. The minimum atomic E-state index is -4.32. The van der Waals surface area contributed by atoms with Gasteiger partial charge in [0.15, 0.2) is 6.10 Å². The van der Waals surface area contributed by atoms with E-state index in [2.05, 4.69) is 0 Å². The van der Waals surface area contributed by atoms with Crippen molar-refractivity contribution in [3.63, 3.8) is 0 Å². The molecule has 1 aliphatic heterocycles. The first-order chi connectivity index (χ1) is 9.24. The lowest BCUT2D eigenvalue weighted by Gasteiger charge is -2.53. The monoisotopic (exact) mass is 400 g/mol. The quantitative estimate of drug-likeness (QED) is 0.552. The fourth-order valence-electron chi connectivity index (χ4n) is 2.63. The SMILES string of the molecule is COc1ccc(C2OC(C(F)(F)F)C2(C)CI)cc1C. The van der Waals surface area contributed by atoms with Gasteiger partial charge in [0, 0.05) is 9.84 Å². The van der Waals surface area contributed by atoms with Gasteiger partial charge in [-0.3, -0.25) is 0 Å². The smallest absolute Gasteiger partial charge is 0.415 e. The molecule has 2 rings (SSSR count). The van der Waals surface area contributed by atoms with E-state index in [9.17, 15) is 13.2 Å². The number of methoxy groups -OCH3 is 1. The molecule has 0 radical (unpaired) electrons.